The Morgan fingerprint density at radius 1 is 1.15 bits per heavy atom. The Morgan fingerprint density at radius 3 is 2.48 bits per heavy atom. The van der Waals surface area contributed by atoms with Gasteiger partial charge >= 0.3 is 5.97 Å². The number of carbonyl (C=O) groups is 1. The van der Waals surface area contributed by atoms with Gasteiger partial charge in [-0.3, -0.25) is 19.5 Å². The summed E-state index contributed by atoms with van der Waals surface area (Å²) in [5.41, 5.74) is 2.89. The van der Waals surface area contributed by atoms with Gasteiger partial charge in [-0.2, -0.15) is 0 Å². The van der Waals surface area contributed by atoms with Crippen LogP contribution in [0.4, 0.5) is 11.4 Å². The summed E-state index contributed by atoms with van der Waals surface area (Å²) >= 11 is 1.20. The van der Waals surface area contributed by atoms with Gasteiger partial charge in [-0.25, -0.2) is 9.79 Å². The van der Waals surface area contributed by atoms with Gasteiger partial charge < -0.3 is 14.1 Å². The van der Waals surface area contributed by atoms with E-state index in [1.54, 1.807) is 44.2 Å². The molecule has 1 unspecified atom stereocenters. The maximum atomic E-state index is 13.8. The molecule has 40 heavy (non-hydrogen) atoms. The van der Waals surface area contributed by atoms with Crippen LogP contribution < -0.4 is 19.8 Å². The number of carbonyl (C=O) groups excluding carboxylic acids is 1. The first-order valence-electron chi connectivity index (χ1n) is 12.5. The quantitative estimate of drug-likeness (QED) is 0.191. The lowest BCUT2D eigenvalue weighted by atomic mass is 9.95. The molecule has 2 aromatic carbocycles. The number of furan rings is 1. The smallest absolute Gasteiger partial charge is 0.338 e. The molecule has 0 fully saturated rings. The van der Waals surface area contributed by atoms with Gasteiger partial charge in [0.05, 0.1) is 33.4 Å². The van der Waals surface area contributed by atoms with Gasteiger partial charge in [-0.05, 0) is 55.8 Å². The fourth-order valence-electron chi connectivity index (χ4n) is 4.52. The number of allylic oxidation sites excluding steroid dienone is 1. The zero-order valence-corrected chi connectivity index (χ0v) is 23.1. The predicted molar refractivity (Wildman–Crippen MR) is 152 cm³/mol. The van der Waals surface area contributed by atoms with Crippen molar-refractivity contribution in [2.24, 2.45) is 4.99 Å². The molecule has 0 bridgehead atoms. The van der Waals surface area contributed by atoms with Crippen molar-refractivity contribution in [3.8, 4) is 11.3 Å². The van der Waals surface area contributed by atoms with Crippen LogP contribution >= 0.6 is 11.3 Å². The van der Waals surface area contributed by atoms with E-state index >= 15 is 0 Å². The lowest BCUT2D eigenvalue weighted by Gasteiger charge is -2.25. The largest absolute Gasteiger partial charge is 0.463 e. The number of hydrogen-bond acceptors (Lipinski definition) is 9. The molecule has 1 aliphatic rings. The summed E-state index contributed by atoms with van der Waals surface area (Å²) in [6.07, 6.45) is 1.63. The van der Waals surface area contributed by atoms with Crippen molar-refractivity contribution < 1.29 is 18.9 Å². The Labute approximate surface area is 232 Å². The highest BCUT2D eigenvalue weighted by atomic mass is 32.1. The minimum Gasteiger partial charge on any atom is -0.463 e. The van der Waals surface area contributed by atoms with E-state index in [0.29, 0.717) is 37.7 Å². The van der Waals surface area contributed by atoms with Crippen LogP contribution in [0.25, 0.3) is 17.4 Å². The van der Waals surface area contributed by atoms with E-state index in [0.717, 1.165) is 11.3 Å². The van der Waals surface area contributed by atoms with Gasteiger partial charge in [0.15, 0.2) is 4.80 Å². The van der Waals surface area contributed by atoms with E-state index in [1.807, 2.05) is 43.3 Å². The lowest BCUT2D eigenvalue weighted by Crippen LogP contribution is -2.39. The number of fused-ring (bicyclic) bond motifs is 1. The minimum absolute atomic E-state index is 0.0139. The number of benzene rings is 2. The van der Waals surface area contributed by atoms with Crippen LogP contribution in [0.5, 0.6) is 0 Å². The van der Waals surface area contributed by atoms with Gasteiger partial charge in [-0.15, -0.1) is 0 Å². The summed E-state index contributed by atoms with van der Waals surface area (Å²) in [5, 5.41) is 10.9. The number of hydrogen-bond donors (Lipinski definition) is 0. The Bertz CT molecular complexity index is 1810. The topological polar surface area (TPSA) is 120 Å². The third kappa shape index (κ3) is 4.98. The maximum absolute atomic E-state index is 13.8. The van der Waals surface area contributed by atoms with E-state index in [4.69, 9.17) is 9.15 Å². The predicted octanol–water partition coefficient (Wildman–Crippen LogP) is 4.03. The number of non-ortho nitro benzene ring substituents is 1. The average molecular weight is 559 g/mol. The standard InChI is InChI=1S/C29H26N4O6S/c1-5-38-28(35)25-17(2)30-29-32(26(25)19-8-10-20(11-9-19)31(3)4)27(34)24(40-29)16-22-14-15-23(39-22)18-6-12-21(13-7-18)33(36)37/h6-16,26H,5H2,1-4H3/b24-16+. The lowest BCUT2D eigenvalue weighted by molar-refractivity contribution is -0.384. The Balaban J connectivity index is 1.59. The molecule has 0 spiro atoms. The van der Waals surface area contributed by atoms with Crippen molar-refractivity contribution in [1.82, 2.24) is 4.57 Å². The van der Waals surface area contributed by atoms with Crippen molar-refractivity contribution in [2.75, 3.05) is 25.6 Å². The number of ether oxygens (including phenoxy) is 1. The number of rotatable bonds is 7. The molecular formula is C29H26N4O6S. The first-order chi connectivity index (χ1) is 19.2. The van der Waals surface area contributed by atoms with Crippen LogP contribution in [0.2, 0.25) is 0 Å². The number of thiazole rings is 1. The molecule has 10 nitrogen and oxygen atoms in total. The third-order valence-electron chi connectivity index (χ3n) is 6.51. The van der Waals surface area contributed by atoms with E-state index in [9.17, 15) is 19.7 Å². The van der Waals surface area contributed by atoms with Crippen molar-refractivity contribution >= 4 is 34.8 Å². The van der Waals surface area contributed by atoms with Gasteiger partial charge in [-0.1, -0.05) is 23.5 Å². The molecule has 5 rings (SSSR count). The molecule has 204 valence electrons. The van der Waals surface area contributed by atoms with E-state index in [2.05, 4.69) is 4.99 Å². The van der Waals surface area contributed by atoms with Crippen LogP contribution in [0, 0.1) is 10.1 Å². The van der Waals surface area contributed by atoms with Crippen LogP contribution in [-0.4, -0.2) is 36.2 Å². The van der Waals surface area contributed by atoms with Crippen LogP contribution in [0.15, 0.2) is 86.1 Å². The first kappa shape index (κ1) is 26.8. The third-order valence-corrected chi connectivity index (χ3v) is 7.49. The second kappa shape index (κ2) is 10.8. The van der Waals surface area contributed by atoms with E-state index < -0.39 is 16.9 Å². The maximum Gasteiger partial charge on any atom is 0.338 e. The molecule has 0 saturated heterocycles. The Kier molecular flexibility index (Phi) is 7.22. The number of nitrogens with zero attached hydrogens (tertiary/aromatic N) is 4. The fraction of sp³-hybridized carbons (Fsp3) is 0.207. The average Bonchev–Trinajstić information content (AvgIpc) is 3.52. The van der Waals surface area contributed by atoms with Gasteiger partial charge in [0.25, 0.3) is 11.2 Å². The Morgan fingerprint density at radius 2 is 1.85 bits per heavy atom. The second-order valence-corrected chi connectivity index (χ2v) is 10.3. The highest BCUT2D eigenvalue weighted by Crippen LogP contribution is 2.32. The summed E-state index contributed by atoms with van der Waals surface area (Å²) in [6.45, 7) is 3.67. The van der Waals surface area contributed by atoms with Crippen molar-refractivity contribution in [2.45, 2.75) is 19.9 Å². The molecule has 1 atom stereocenters. The van der Waals surface area contributed by atoms with Crippen molar-refractivity contribution in [1.29, 1.82) is 0 Å². The molecule has 0 radical (unpaired) electrons. The second-order valence-electron chi connectivity index (χ2n) is 9.29. The first-order valence-corrected chi connectivity index (χ1v) is 13.3. The van der Waals surface area contributed by atoms with Crippen molar-refractivity contribution in [3.63, 3.8) is 0 Å². The zero-order valence-electron chi connectivity index (χ0n) is 22.3. The van der Waals surface area contributed by atoms with Gasteiger partial charge in [0.1, 0.15) is 11.5 Å². The summed E-state index contributed by atoms with van der Waals surface area (Å²) < 4.78 is 13.2. The normalized spacial score (nSPS) is 15.0. The number of anilines is 1. The minimum atomic E-state index is -0.707. The number of nitro groups is 1. The van der Waals surface area contributed by atoms with E-state index in [-0.39, 0.29) is 17.9 Å². The molecule has 0 aliphatic carbocycles. The monoisotopic (exact) mass is 558 g/mol. The SMILES string of the molecule is CCOC(=O)C1=C(C)N=c2s/c(=C/c3ccc(-c4ccc([N+](=O)[O-])cc4)o3)c(=O)n2C1c1ccc(N(C)C)cc1. The van der Waals surface area contributed by atoms with Gasteiger partial charge in [0, 0.05) is 43.6 Å². The fourth-order valence-corrected chi connectivity index (χ4v) is 5.55. The summed E-state index contributed by atoms with van der Waals surface area (Å²) in [6, 6.07) is 16.5. The summed E-state index contributed by atoms with van der Waals surface area (Å²) in [5.74, 6) is 0.429. The van der Waals surface area contributed by atoms with Gasteiger partial charge in [0.2, 0.25) is 0 Å². The molecule has 3 heterocycles. The number of nitro benzene ring substituents is 1. The molecular weight excluding hydrogens is 532 g/mol. The van der Waals surface area contributed by atoms with Crippen LogP contribution in [-0.2, 0) is 9.53 Å². The molecule has 0 amide bonds. The van der Waals surface area contributed by atoms with E-state index in [1.165, 1.54) is 28.0 Å². The Hall–Kier alpha value is -4.77. The molecule has 4 aromatic rings. The highest BCUT2D eigenvalue weighted by Gasteiger charge is 2.33. The van der Waals surface area contributed by atoms with Crippen LogP contribution in [0.3, 0.4) is 0 Å². The van der Waals surface area contributed by atoms with Crippen molar-refractivity contribution in [3.05, 3.63) is 113 Å². The molecule has 11 heteroatoms. The van der Waals surface area contributed by atoms with Crippen LogP contribution in [0.1, 0.15) is 31.2 Å². The molecule has 1 aliphatic heterocycles. The summed E-state index contributed by atoms with van der Waals surface area (Å²) in [7, 11) is 3.88. The molecule has 0 saturated carbocycles. The summed E-state index contributed by atoms with van der Waals surface area (Å²) in [4.78, 5) is 44.4. The molecule has 2 aromatic heterocycles. The number of esters is 1. The number of aromatic nitrogens is 1. The highest BCUT2D eigenvalue weighted by molar-refractivity contribution is 7.07. The zero-order chi connectivity index (χ0) is 28.6. The molecule has 0 N–H and O–H groups in total.